The third kappa shape index (κ3) is 4.63. The topological polar surface area (TPSA) is 102 Å². The number of hydrogen-bond donors (Lipinski definition) is 2. The highest BCUT2D eigenvalue weighted by molar-refractivity contribution is 6.76. The van der Waals surface area contributed by atoms with Crippen molar-refractivity contribution < 1.29 is 33.3 Å². The quantitative estimate of drug-likeness (QED) is 0.496. The van der Waals surface area contributed by atoms with Gasteiger partial charge in [0.2, 0.25) is 0 Å². The summed E-state index contributed by atoms with van der Waals surface area (Å²) in [5.41, 5.74) is 4.98. The minimum atomic E-state index is -2.41. The van der Waals surface area contributed by atoms with Crippen molar-refractivity contribution in [1.29, 1.82) is 0 Å². The van der Waals surface area contributed by atoms with Gasteiger partial charge in [-0.05, 0) is 54.9 Å². The number of hydrazine groups is 1. The Bertz CT molecular complexity index is 1220. The maximum atomic E-state index is 15.8. The van der Waals surface area contributed by atoms with E-state index >= 15 is 4.39 Å². The number of nitrogens with one attached hydrogen (secondary N) is 1. The van der Waals surface area contributed by atoms with Crippen LogP contribution in [-0.2, 0) is 20.7 Å². The molecule has 0 saturated carbocycles. The molecule has 0 bridgehead atoms. The van der Waals surface area contributed by atoms with E-state index in [9.17, 15) is 14.4 Å². The lowest BCUT2D eigenvalue weighted by molar-refractivity contribution is -0.528. The molecule has 2 aliphatic rings. The summed E-state index contributed by atoms with van der Waals surface area (Å²) >= 11 is 0. The fraction of sp³-hybridized carbons (Fsp3) is 0.423. The third-order valence-corrected chi connectivity index (χ3v) is 6.91. The zero-order chi connectivity index (χ0) is 26.4. The molecule has 0 aromatic heterocycles. The third-order valence-electron chi connectivity index (χ3n) is 6.91. The number of nitrogens with two attached hydrogens (primary N) is 1. The van der Waals surface area contributed by atoms with Crippen molar-refractivity contribution in [3.05, 3.63) is 64.0 Å². The van der Waals surface area contributed by atoms with E-state index in [-0.39, 0.29) is 41.5 Å². The van der Waals surface area contributed by atoms with Crippen LogP contribution in [0, 0.1) is 25.1 Å². The Balaban J connectivity index is 1.72. The Morgan fingerprint density at radius 3 is 2.42 bits per heavy atom. The molecule has 4 rings (SSSR count). The van der Waals surface area contributed by atoms with Gasteiger partial charge in [-0.25, -0.2) is 9.40 Å². The normalized spacial score (nSPS) is 19.7. The van der Waals surface area contributed by atoms with Crippen molar-refractivity contribution in [1.82, 2.24) is 10.4 Å². The molecule has 1 saturated heterocycles. The second-order valence-electron chi connectivity index (χ2n) is 10.8. The highest BCUT2D eigenvalue weighted by Crippen LogP contribution is 2.28. The monoisotopic (exact) mass is 497 g/mol. The summed E-state index contributed by atoms with van der Waals surface area (Å²) in [5.74, 6) is -2.45. The fourth-order valence-electron chi connectivity index (χ4n) is 5.35. The summed E-state index contributed by atoms with van der Waals surface area (Å²) in [6.45, 7) is 9.38. The van der Waals surface area contributed by atoms with E-state index in [0.29, 0.717) is 17.5 Å². The van der Waals surface area contributed by atoms with E-state index in [1.807, 2.05) is 47.6 Å². The van der Waals surface area contributed by atoms with Gasteiger partial charge in [0.05, 0.1) is 11.6 Å². The van der Waals surface area contributed by atoms with Crippen molar-refractivity contribution in [2.75, 3.05) is 6.54 Å². The van der Waals surface area contributed by atoms with E-state index in [4.69, 9.17) is 9.31 Å². The average Bonchev–Trinajstić information content (AvgIpc) is 3.34. The number of benzene rings is 2. The van der Waals surface area contributed by atoms with Crippen molar-refractivity contribution >= 4 is 29.9 Å². The Kier molecular flexibility index (Phi) is 6.70. The van der Waals surface area contributed by atoms with E-state index in [2.05, 4.69) is 5.43 Å². The summed E-state index contributed by atoms with van der Waals surface area (Å²) in [6, 6.07) is 8.11. The number of hydrogen-bond acceptors (Lipinski definition) is 5. The predicted octanol–water partition coefficient (Wildman–Crippen LogP) is 1.85. The first kappa shape index (κ1) is 25.8. The van der Waals surface area contributed by atoms with E-state index in [0.717, 1.165) is 11.1 Å². The van der Waals surface area contributed by atoms with Crippen LogP contribution in [0.3, 0.4) is 0 Å². The first-order valence-corrected chi connectivity index (χ1v) is 12.3. The number of nitrogens with zero attached hydrogens (tertiary/aromatic N) is 1. The first-order chi connectivity index (χ1) is 16.9. The molecule has 2 aromatic rings. The van der Waals surface area contributed by atoms with Crippen molar-refractivity contribution in [3.8, 4) is 0 Å². The van der Waals surface area contributed by atoms with Crippen LogP contribution in [0.4, 0.5) is 4.39 Å². The van der Waals surface area contributed by atoms with Gasteiger partial charge in [-0.1, -0.05) is 51.0 Å². The average molecular weight is 497 g/mol. The molecule has 1 spiro atoms. The largest absolute Gasteiger partial charge is 0.607 e. The lowest BCUT2D eigenvalue weighted by Crippen LogP contribution is -3.01. The zero-order valence-corrected chi connectivity index (χ0v) is 21.6. The molecule has 3 N–H and O–H groups in total. The van der Waals surface area contributed by atoms with Gasteiger partial charge in [0.1, 0.15) is 12.4 Å². The molecule has 8 nitrogen and oxygen atoms in total. The maximum absolute atomic E-state index is 15.8. The molecule has 36 heavy (non-hydrogen) atoms. The van der Waals surface area contributed by atoms with Crippen LogP contribution in [0.2, 0.25) is 0 Å². The lowest BCUT2D eigenvalue weighted by atomic mass is 9.64. The molecule has 0 radical (unpaired) electrons. The molecular weight excluding hydrogens is 464 g/mol. The SMILES string of the molecule is CC[C@@H](N(NC(=O)c1ccc2c(c1F)[B-]1([NH2+]CC(=O)O1)OC2)C(=O)c1cc(C)cc(C)c1)C(C)(C)C. The number of rotatable bonds is 4. The molecule has 192 valence electrons. The van der Waals surface area contributed by atoms with Gasteiger partial charge in [0.25, 0.3) is 11.8 Å². The van der Waals surface area contributed by atoms with Gasteiger partial charge in [-0.2, -0.15) is 0 Å². The van der Waals surface area contributed by atoms with Crippen LogP contribution in [0.1, 0.15) is 71.5 Å². The number of halogens is 1. The van der Waals surface area contributed by atoms with Gasteiger partial charge in [0.15, 0.2) is 0 Å². The number of quaternary nitrogens is 1. The summed E-state index contributed by atoms with van der Waals surface area (Å²) in [7, 11) is 0. The molecule has 2 aliphatic heterocycles. The second kappa shape index (κ2) is 9.33. The first-order valence-electron chi connectivity index (χ1n) is 12.3. The van der Waals surface area contributed by atoms with E-state index in [1.54, 1.807) is 18.2 Å². The molecule has 2 aromatic carbocycles. The van der Waals surface area contributed by atoms with Gasteiger partial charge >= 0.3 is 12.7 Å². The fourth-order valence-corrected chi connectivity index (χ4v) is 5.35. The Morgan fingerprint density at radius 1 is 1.19 bits per heavy atom. The summed E-state index contributed by atoms with van der Waals surface area (Å²) in [5, 5.41) is 2.85. The minimum Gasteiger partial charge on any atom is -0.607 e. The maximum Gasteiger partial charge on any atom is 0.558 e. The van der Waals surface area contributed by atoms with Crippen LogP contribution in [0.15, 0.2) is 30.3 Å². The molecular formula is C26H33BFN3O5. The number of aryl methyl sites for hydroxylation is 2. The highest BCUT2D eigenvalue weighted by Gasteiger charge is 2.53. The van der Waals surface area contributed by atoms with Crippen LogP contribution in [0.25, 0.3) is 0 Å². The van der Waals surface area contributed by atoms with Gasteiger partial charge < -0.3 is 14.5 Å². The molecule has 10 heteroatoms. The molecule has 2 atom stereocenters. The van der Waals surface area contributed by atoms with E-state index in [1.165, 1.54) is 16.3 Å². The van der Waals surface area contributed by atoms with Crippen molar-refractivity contribution in [2.45, 2.75) is 60.6 Å². The number of amides is 2. The Morgan fingerprint density at radius 2 is 1.86 bits per heavy atom. The Hall–Kier alpha value is -3.24. The molecule has 2 amide bonds. The zero-order valence-electron chi connectivity index (χ0n) is 21.6. The summed E-state index contributed by atoms with van der Waals surface area (Å²) in [6.07, 6.45) is 0.567. The minimum absolute atomic E-state index is 0.0112. The highest BCUT2D eigenvalue weighted by atomic mass is 19.1. The number of fused-ring (bicyclic) bond motifs is 2. The second-order valence-corrected chi connectivity index (χ2v) is 10.8. The van der Waals surface area contributed by atoms with Crippen molar-refractivity contribution in [2.24, 2.45) is 5.41 Å². The molecule has 1 unspecified atom stereocenters. The molecule has 1 fully saturated rings. The van der Waals surface area contributed by atoms with Crippen LogP contribution in [0.5, 0.6) is 0 Å². The van der Waals surface area contributed by atoms with Gasteiger partial charge in [0, 0.05) is 12.2 Å². The predicted molar refractivity (Wildman–Crippen MR) is 133 cm³/mol. The lowest BCUT2D eigenvalue weighted by Gasteiger charge is -2.39. The summed E-state index contributed by atoms with van der Waals surface area (Å²) in [4.78, 5) is 39.0. The van der Waals surface area contributed by atoms with Crippen molar-refractivity contribution in [3.63, 3.8) is 0 Å². The number of carbonyl (C=O) groups is 3. The van der Waals surface area contributed by atoms with Crippen LogP contribution < -0.4 is 16.1 Å². The Labute approximate surface area is 210 Å². The number of carbonyl (C=O) groups excluding carboxylic acids is 3. The smallest absolute Gasteiger partial charge is 0.558 e. The molecule has 2 heterocycles. The summed E-state index contributed by atoms with van der Waals surface area (Å²) < 4.78 is 26.9. The van der Waals surface area contributed by atoms with Gasteiger partial charge in [-0.3, -0.25) is 19.8 Å². The van der Waals surface area contributed by atoms with Crippen LogP contribution >= 0.6 is 0 Å². The van der Waals surface area contributed by atoms with E-state index < -0.39 is 24.4 Å². The standard InChI is InChI=1S/C26H33BFN3O5/c1-7-20(26(4,5)6)31(25(34)18-11-15(2)10-16(3)12-18)30-24(33)19-9-8-17-14-35-27(22(17)23(19)28)29-13-21(32)36-27/h8-12,20H,7,13-14,29H2,1-6H3,(H,30,33)/t20-,27?/m1/s1. The van der Waals surface area contributed by atoms with Crippen LogP contribution in [-0.4, -0.2) is 42.1 Å². The van der Waals surface area contributed by atoms with Gasteiger partial charge in [-0.15, -0.1) is 0 Å². The molecule has 0 aliphatic carbocycles.